The molecule has 0 N–H and O–H groups in total. The van der Waals surface area contributed by atoms with Gasteiger partial charge >= 0.3 is 0 Å². The molecule has 2 rings (SSSR count). The Morgan fingerprint density at radius 1 is 1.20 bits per heavy atom. The van der Waals surface area contributed by atoms with Crippen LogP contribution >= 0.6 is 0 Å². The summed E-state index contributed by atoms with van der Waals surface area (Å²) in [6, 6.07) is 9.08. The third-order valence-electron chi connectivity index (χ3n) is 3.27. The van der Waals surface area contributed by atoms with Crippen molar-refractivity contribution in [1.82, 2.24) is 4.90 Å². The van der Waals surface area contributed by atoms with Crippen LogP contribution in [-0.4, -0.2) is 25.6 Å². The quantitative estimate of drug-likeness (QED) is 0.736. The van der Waals surface area contributed by atoms with Gasteiger partial charge in [-0.2, -0.15) is 0 Å². The van der Waals surface area contributed by atoms with Crippen LogP contribution in [0.5, 0.6) is 5.75 Å². The Bertz CT molecular complexity index is 307. The van der Waals surface area contributed by atoms with Gasteiger partial charge in [0.05, 0.1) is 7.11 Å². The van der Waals surface area contributed by atoms with E-state index in [1.54, 1.807) is 7.11 Å². The fourth-order valence-electron chi connectivity index (χ4n) is 2.32. The summed E-state index contributed by atoms with van der Waals surface area (Å²) < 4.78 is 5.17. The van der Waals surface area contributed by atoms with Crippen molar-refractivity contribution < 1.29 is 4.74 Å². The Morgan fingerprint density at radius 3 is 2.53 bits per heavy atom. The highest BCUT2D eigenvalue weighted by molar-refractivity contribution is 5.29. The van der Waals surface area contributed by atoms with E-state index < -0.39 is 0 Å². The minimum atomic E-state index is 0.602. The fraction of sp³-hybridized carbons (Fsp3) is 0.538. The van der Waals surface area contributed by atoms with E-state index in [9.17, 15) is 0 Å². The zero-order valence-electron chi connectivity index (χ0n) is 9.57. The van der Waals surface area contributed by atoms with Gasteiger partial charge in [-0.25, -0.2) is 0 Å². The predicted octanol–water partition coefficient (Wildman–Crippen LogP) is 2.85. The second-order valence-electron chi connectivity index (χ2n) is 4.27. The van der Waals surface area contributed by atoms with Crippen LogP contribution in [0.15, 0.2) is 24.3 Å². The van der Waals surface area contributed by atoms with Gasteiger partial charge in [-0.1, -0.05) is 18.6 Å². The monoisotopic (exact) mass is 205 g/mol. The Balaban J connectivity index is 2.13. The van der Waals surface area contributed by atoms with Crippen LogP contribution in [-0.2, 0) is 0 Å². The zero-order chi connectivity index (χ0) is 10.7. The third-order valence-corrected chi connectivity index (χ3v) is 3.27. The van der Waals surface area contributed by atoms with Gasteiger partial charge in [0.2, 0.25) is 0 Å². The lowest BCUT2D eigenvalue weighted by Crippen LogP contribution is -2.29. The maximum atomic E-state index is 5.17. The molecule has 2 heteroatoms. The van der Waals surface area contributed by atoms with Crippen molar-refractivity contribution in [2.24, 2.45) is 0 Å². The highest BCUT2D eigenvalue weighted by Gasteiger charge is 2.20. The molecular weight excluding hydrogens is 186 g/mol. The van der Waals surface area contributed by atoms with Gasteiger partial charge in [0.25, 0.3) is 0 Å². The zero-order valence-corrected chi connectivity index (χ0v) is 9.57. The number of nitrogens with zero attached hydrogens (tertiary/aromatic N) is 1. The first-order valence-corrected chi connectivity index (χ1v) is 5.65. The minimum Gasteiger partial charge on any atom is -0.497 e. The summed E-state index contributed by atoms with van der Waals surface area (Å²) in [7, 11) is 3.93. The third kappa shape index (κ3) is 2.32. The maximum Gasteiger partial charge on any atom is 0.118 e. The van der Waals surface area contributed by atoms with Crippen LogP contribution in [0, 0.1) is 0 Å². The second-order valence-corrected chi connectivity index (χ2v) is 4.27. The molecule has 1 aliphatic heterocycles. The molecule has 1 unspecified atom stereocenters. The molecule has 1 atom stereocenters. The van der Waals surface area contributed by atoms with E-state index in [1.165, 1.54) is 31.4 Å². The van der Waals surface area contributed by atoms with Gasteiger partial charge < -0.3 is 4.74 Å². The molecular formula is C13H19NO. The summed E-state index contributed by atoms with van der Waals surface area (Å²) >= 11 is 0. The number of benzene rings is 1. The largest absolute Gasteiger partial charge is 0.497 e. The van der Waals surface area contributed by atoms with E-state index in [4.69, 9.17) is 4.74 Å². The fourth-order valence-corrected chi connectivity index (χ4v) is 2.32. The highest BCUT2D eigenvalue weighted by Crippen LogP contribution is 2.30. The average molecular weight is 205 g/mol. The van der Waals surface area contributed by atoms with Crippen LogP contribution in [0.25, 0.3) is 0 Å². The predicted molar refractivity (Wildman–Crippen MR) is 62.2 cm³/mol. The molecule has 1 aliphatic rings. The SMILES string of the molecule is COc1ccc(C2CCCCN2C)cc1. The van der Waals surface area contributed by atoms with Crippen molar-refractivity contribution >= 4 is 0 Å². The molecule has 15 heavy (non-hydrogen) atoms. The number of hydrogen-bond acceptors (Lipinski definition) is 2. The molecule has 0 spiro atoms. The van der Waals surface area contributed by atoms with E-state index in [0.717, 1.165) is 5.75 Å². The van der Waals surface area contributed by atoms with Crippen LogP contribution < -0.4 is 4.74 Å². The molecule has 1 aromatic rings. The number of methoxy groups -OCH3 is 1. The summed E-state index contributed by atoms with van der Waals surface area (Å²) in [5.74, 6) is 0.942. The lowest BCUT2D eigenvalue weighted by molar-refractivity contribution is 0.187. The van der Waals surface area contributed by atoms with Gasteiger partial charge in [-0.3, -0.25) is 4.90 Å². The van der Waals surface area contributed by atoms with E-state index in [-0.39, 0.29) is 0 Å². The second kappa shape index (κ2) is 4.67. The highest BCUT2D eigenvalue weighted by atomic mass is 16.5. The first kappa shape index (κ1) is 10.5. The van der Waals surface area contributed by atoms with Crippen LogP contribution in [0.1, 0.15) is 30.9 Å². The molecule has 0 amide bonds. The summed E-state index contributed by atoms with van der Waals surface area (Å²) in [6.45, 7) is 1.22. The number of piperidine rings is 1. The lowest BCUT2D eigenvalue weighted by Gasteiger charge is -2.32. The molecule has 0 saturated carbocycles. The Morgan fingerprint density at radius 2 is 1.93 bits per heavy atom. The molecule has 2 nitrogen and oxygen atoms in total. The molecule has 1 aromatic carbocycles. The molecule has 0 bridgehead atoms. The van der Waals surface area contributed by atoms with E-state index in [2.05, 4.69) is 36.2 Å². The Labute approximate surface area is 91.9 Å². The number of rotatable bonds is 2. The van der Waals surface area contributed by atoms with Crippen molar-refractivity contribution in [1.29, 1.82) is 0 Å². The summed E-state index contributed by atoms with van der Waals surface area (Å²) in [6.07, 6.45) is 3.97. The molecule has 1 saturated heterocycles. The van der Waals surface area contributed by atoms with Crippen molar-refractivity contribution in [2.75, 3.05) is 20.7 Å². The molecule has 82 valence electrons. The van der Waals surface area contributed by atoms with Gasteiger partial charge in [-0.15, -0.1) is 0 Å². The number of likely N-dealkylation sites (tertiary alicyclic amines) is 1. The van der Waals surface area contributed by atoms with E-state index >= 15 is 0 Å². The van der Waals surface area contributed by atoms with Gasteiger partial charge in [0.15, 0.2) is 0 Å². The van der Waals surface area contributed by atoms with Crippen LogP contribution in [0.4, 0.5) is 0 Å². The topological polar surface area (TPSA) is 12.5 Å². The van der Waals surface area contributed by atoms with E-state index in [0.29, 0.717) is 6.04 Å². The molecule has 1 heterocycles. The van der Waals surface area contributed by atoms with Crippen molar-refractivity contribution in [3.63, 3.8) is 0 Å². The van der Waals surface area contributed by atoms with Gasteiger partial charge in [-0.05, 0) is 44.1 Å². The number of ether oxygens (including phenoxy) is 1. The summed E-state index contributed by atoms with van der Waals surface area (Å²) in [5, 5.41) is 0. The first-order chi connectivity index (χ1) is 7.31. The Hall–Kier alpha value is -1.02. The van der Waals surface area contributed by atoms with Crippen molar-refractivity contribution in [3.8, 4) is 5.75 Å². The van der Waals surface area contributed by atoms with Crippen LogP contribution in [0.2, 0.25) is 0 Å². The van der Waals surface area contributed by atoms with Crippen molar-refractivity contribution in [2.45, 2.75) is 25.3 Å². The summed E-state index contributed by atoms with van der Waals surface area (Å²) in [5.41, 5.74) is 1.41. The molecule has 0 aromatic heterocycles. The molecule has 0 radical (unpaired) electrons. The van der Waals surface area contributed by atoms with Gasteiger partial charge in [0, 0.05) is 6.04 Å². The van der Waals surface area contributed by atoms with E-state index in [1.807, 2.05) is 0 Å². The molecule has 1 fully saturated rings. The smallest absolute Gasteiger partial charge is 0.118 e. The van der Waals surface area contributed by atoms with Crippen molar-refractivity contribution in [3.05, 3.63) is 29.8 Å². The molecule has 0 aliphatic carbocycles. The normalized spacial score (nSPS) is 22.7. The summed E-state index contributed by atoms with van der Waals surface area (Å²) in [4.78, 5) is 2.45. The van der Waals surface area contributed by atoms with Crippen LogP contribution in [0.3, 0.4) is 0 Å². The minimum absolute atomic E-state index is 0.602. The average Bonchev–Trinajstić information content (AvgIpc) is 2.30. The standard InChI is InChI=1S/C13H19NO/c1-14-10-4-3-5-13(14)11-6-8-12(15-2)9-7-11/h6-9,13H,3-5,10H2,1-2H3. The number of hydrogen-bond donors (Lipinski definition) is 0. The maximum absolute atomic E-state index is 5.17. The van der Waals surface area contributed by atoms with Gasteiger partial charge in [0.1, 0.15) is 5.75 Å². The Kier molecular flexibility index (Phi) is 3.27. The lowest BCUT2D eigenvalue weighted by atomic mass is 9.96. The first-order valence-electron chi connectivity index (χ1n) is 5.65.